The Balaban J connectivity index is 2.04. The number of carbonyl (C=O) groups is 1. The summed E-state index contributed by atoms with van der Waals surface area (Å²) in [4.78, 5) is 16.2. The summed E-state index contributed by atoms with van der Waals surface area (Å²) < 4.78 is 6.58. The zero-order valence-corrected chi connectivity index (χ0v) is 14.1. The van der Waals surface area contributed by atoms with Crippen molar-refractivity contribution in [2.45, 2.75) is 19.4 Å². The second-order valence-electron chi connectivity index (χ2n) is 5.48. The fourth-order valence-electron chi connectivity index (χ4n) is 1.63. The van der Waals surface area contributed by atoms with Crippen molar-refractivity contribution in [3.05, 3.63) is 52.6 Å². The quantitative estimate of drug-likeness (QED) is 0.855. The first-order valence-corrected chi connectivity index (χ1v) is 7.61. The average Bonchev–Trinajstić information content (AvgIpc) is 2.50. The van der Waals surface area contributed by atoms with Gasteiger partial charge >= 0.3 is 0 Å². The molecule has 5 nitrogen and oxygen atoms in total. The number of nitrogens with two attached hydrogens (primary N) is 1. The SMILES string of the molecule is CC(C)(CN)NC(=O)c1ccc(Oc2ccc(Br)cc2)nc1. The molecule has 0 bridgehead atoms. The molecule has 1 aromatic heterocycles. The molecule has 0 fully saturated rings. The lowest BCUT2D eigenvalue weighted by Crippen LogP contribution is -2.48. The van der Waals surface area contributed by atoms with Crippen LogP contribution in [0.4, 0.5) is 0 Å². The van der Waals surface area contributed by atoms with E-state index in [-0.39, 0.29) is 5.91 Å². The molecule has 1 heterocycles. The minimum Gasteiger partial charge on any atom is -0.439 e. The molecule has 0 saturated heterocycles. The molecule has 2 aromatic rings. The molecule has 1 aromatic carbocycles. The summed E-state index contributed by atoms with van der Waals surface area (Å²) in [5.41, 5.74) is 5.61. The second kappa shape index (κ2) is 6.89. The fraction of sp³-hybridized carbons (Fsp3) is 0.250. The number of hydrogen-bond acceptors (Lipinski definition) is 4. The van der Waals surface area contributed by atoms with E-state index in [0.29, 0.717) is 23.7 Å². The van der Waals surface area contributed by atoms with Crippen LogP contribution in [-0.2, 0) is 0 Å². The molecule has 0 spiro atoms. The lowest BCUT2D eigenvalue weighted by molar-refractivity contribution is 0.0915. The monoisotopic (exact) mass is 363 g/mol. The normalized spacial score (nSPS) is 11.1. The van der Waals surface area contributed by atoms with Crippen LogP contribution >= 0.6 is 15.9 Å². The molecule has 0 radical (unpaired) electrons. The number of halogens is 1. The van der Waals surface area contributed by atoms with E-state index in [1.54, 1.807) is 12.1 Å². The van der Waals surface area contributed by atoms with E-state index in [1.807, 2.05) is 38.1 Å². The Morgan fingerprint density at radius 1 is 1.27 bits per heavy atom. The van der Waals surface area contributed by atoms with Crippen molar-refractivity contribution in [2.24, 2.45) is 5.73 Å². The van der Waals surface area contributed by atoms with Crippen LogP contribution in [0, 0.1) is 0 Å². The van der Waals surface area contributed by atoms with E-state index in [1.165, 1.54) is 6.20 Å². The maximum absolute atomic E-state index is 12.1. The lowest BCUT2D eigenvalue weighted by Gasteiger charge is -2.24. The average molecular weight is 364 g/mol. The largest absolute Gasteiger partial charge is 0.439 e. The fourth-order valence-corrected chi connectivity index (χ4v) is 1.89. The second-order valence-corrected chi connectivity index (χ2v) is 6.40. The molecule has 116 valence electrons. The Labute approximate surface area is 138 Å². The van der Waals surface area contributed by atoms with E-state index in [2.05, 4.69) is 26.2 Å². The zero-order chi connectivity index (χ0) is 16.2. The summed E-state index contributed by atoms with van der Waals surface area (Å²) in [5, 5.41) is 2.85. The molecule has 22 heavy (non-hydrogen) atoms. The van der Waals surface area contributed by atoms with Crippen LogP contribution in [0.2, 0.25) is 0 Å². The van der Waals surface area contributed by atoms with Crippen LogP contribution < -0.4 is 15.8 Å². The summed E-state index contributed by atoms with van der Waals surface area (Å²) >= 11 is 3.36. The van der Waals surface area contributed by atoms with Gasteiger partial charge in [0.25, 0.3) is 5.91 Å². The standard InChI is InChI=1S/C16H18BrN3O2/c1-16(2,10-18)20-15(21)11-3-8-14(19-9-11)22-13-6-4-12(17)5-7-13/h3-9H,10,18H2,1-2H3,(H,20,21). The summed E-state index contributed by atoms with van der Waals surface area (Å²) in [5.74, 6) is 0.896. The van der Waals surface area contributed by atoms with Gasteiger partial charge < -0.3 is 15.8 Å². The third-order valence-electron chi connectivity index (χ3n) is 3.00. The lowest BCUT2D eigenvalue weighted by atomic mass is 10.1. The predicted octanol–water partition coefficient (Wildman–Crippen LogP) is 3.10. The molecular weight excluding hydrogens is 346 g/mol. The molecule has 0 atom stereocenters. The van der Waals surface area contributed by atoms with E-state index >= 15 is 0 Å². The van der Waals surface area contributed by atoms with Gasteiger partial charge in [0.15, 0.2) is 0 Å². The van der Waals surface area contributed by atoms with Gasteiger partial charge in [0.05, 0.1) is 5.56 Å². The van der Waals surface area contributed by atoms with Gasteiger partial charge in [-0.2, -0.15) is 0 Å². The minimum atomic E-state index is -0.455. The molecule has 6 heteroatoms. The number of aromatic nitrogens is 1. The van der Waals surface area contributed by atoms with Crippen molar-refractivity contribution in [3.63, 3.8) is 0 Å². The number of nitrogens with zero attached hydrogens (tertiary/aromatic N) is 1. The first-order chi connectivity index (χ1) is 10.4. The van der Waals surface area contributed by atoms with Crippen molar-refractivity contribution in [1.82, 2.24) is 10.3 Å². The molecule has 1 amide bonds. The Bertz CT molecular complexity index is 639. The van der Waals surface area contributed by atoms with Crippen molar-refractivity contribution in [2.75, 3.05) is 6.54 Å². The molecule has 0 aliphatic rings. The van der Waals surface area contributed by atoms with Crippen molar-refractivity contribution < 1.29 is 9.53 Å². The third-order valence-corrected chi connectivity index (χ3v) is 3.53. The molecule has 0 unspecified atom stereocenters. The topological polar surface area (TPSA) is 77.2 Å². The first kappa shape index (κ1) is 16.5. The summed E-state index contributed by atoms with van der Waals surface area (Å²) in [6, 6.07) is 10.7. The highest BCUT2D eigenvalue weighted by atomic mass is 79.9. The third kappa shape index (κ3) is 4.54. The summed E-state index contributed by atoms with van der Waals surface area (Å²) in [7, 11) is 0. The molecule has 0 aliphatic heterocycles. The number of pyridine rings is 1. The van der Waals surface area contributed by atoms with E-state index in [4.69, 9.17) is 10.5 Å². The van der Waals surface area contributed by atoms with Crippen LogP contribution in [-0.4, -0.2) is 23.0 Å². The van der Waals surface area contributed by atoms with Crippen LogP contribution in [0.1, 0.15) is 24.2 Å². The van der Waals surface area contributed by atoms with Gasteiger partial charge in [-0.3, -0.25) is 4.79 Å². The maximum atomic E-state index is 12.1. The van der Waals surface area contributed by atoms with Gasteiger partial charge in [-0.15, -0.1) is 0 Å². The summed E-state index contributed by atoms with van der Waals surface area (Å²) in [6.07, 6.45) is 1.48. The van der Waals surface area contributed by atoms with Crippen LogP contribution in [0.3, 0.4) is 0 Å². The van der Waals surface area contributed by atoms with Crippen LogP contribution in [0.15, 0.2) is 47.1 Å². The highest BCUT2D eigenvalue weighted by Gasteiger charge is 2.19. The van der Waals surface area contributed by atoms with Gasteiger partial charge in [-0.05, 0) is 44.2 Å². The number of hydrogen-bond donors (Lipinski definition) is 2. The van der Waals surface area contributed by atoms with E-state index in [0.717, 1.165) is 4.47 Å². The maximum Gasteiger partial charge on any atom is 0.253 e. The number of amides is 1. The number of ether oxygens (including phenoxy) is 1. The highest BCUT2D eigenvalue weighted by Crippen LogP contribution is 2.21. The Morgan fingerprint density at radius 2 is 1.95 bits per heavy atom. The Morgan fingerprint density at radius 3 is 2.50 bits per heavy atom. The smallest absolute Gasteiger partial charge is 0.253 e. The minimum absolute atomic E-state index is 0.210. The van der Waals surface area contributed by atoms with Gasteiger partial charge in [0.1, 0.15) is 5.75 Å². The van der Waals surface area contributed by atoms with Gasteiger partial charge in [-0.1, -0.05) is 15.9 Å². The van der Waals surface area contributed by atoms with Gasteiger partial charge in [-0.25, -0.2) is 4.98 Å². The van der Waals surface area contributed by atoms with Crippen molar-refractivity contribution in [1.29, 1.82) is 0 Å². The van der Waals surface area contributed by atoms with Gasteiger partial charge in [0.2, 0.25) is 5.88 Å². The van der Waals surface area contributed by atoms with E-state index < -0.39 is 5.54 Å². The van der Waals surface area contributed by atoms with E-state index in [9.17, 15) is 4.79 Å². The van der Waals surface area contributed by atoms with Gasteiger partial charge in [0, 0.05) is 28.8 Å². The predicted molar refractivity (Wildman–Crippen MR) is 89.1 cm³/mol. The van der Waals surface area contributed by atoms with Crippen LogP contribution in [0.25, 0.3) is 0 Å². The molecule has 0 saturated carbocycles. The Hall–Kier alpha value is -1.92. The molecule has 2 rings (SSSR count). The molecular formula is C16H18BrN3O2. The van der Waals surface area contributed by atoms with Crippen molar-refractivity contribution in [3.8, 4) is 11.6 Å². The first-order valence-electron chi connectivity index (χ1n) is 6.82. The number of carbonyl (C=O) groups excluding carboxylic acids is 1. The van der Waals surface area contributed by atoms with Crippen LogP contribution in [0.5, 0.6) is 11.6 Å². The number of benzene rings is 1. The number of nitrogens with one attached hydrogen (secondary N) is 1. The molecule has 0 aliphatic carbocycles. The Kier molecular flexibility index (Phi) is 5.15. The summed E-state index contributed by atoms with van der Waals surface area (Å²) in [6.45, 7) is 4.09. The number of rotatable bonds is 5. The molecule has 3 N–H and O–H groups in total. The highest BCUT2D eigenvalue weighted by molar-refractivity contribution is 9.10. The zero-order valence-electron chi connectivity index (χ0n) is 12.5. The van der Waals surface area contributed by atoms with Crippen molar-refractivity contribution >= 4 is 21.8 Å².